The number of anilines is 1. The molecule has 0 aliphatic rings. The summed E-state index contributed by atoms with van der Waals surface area (Å²) in [6.07, 6.45) is 0. The lowest BCUT2D eigenvalue weighted by Gasteiger charge is -1.94. The van der Waals surface area contributed by atoms with Crippen LogP contribution in [0.2, 0.25) is 0 Å². The number of aryl methyl sites for hydroxylation is 1. The fraction of sp³-hybridized carbons (Fsp3) is 0.200. The van der Waals surface area contributed by atoms with Gasteiger partial charge in [0, 0.05) is 5.69 Å². The molecule has 0 bridgehead atoms. The summed E-state index contributed by atoms with van der Waals surface area (Å²) in [6.45, 7) is 1.84. The van der Waals surface area contributed by atoms with Gasteiger partial charge in [-0.25, -0.2) is 9.97 Å². The van der Waals surface area contributed by atoms with Gasteiger partial charge in [0.25, 0.3) is 0 Å². The molecular weight excluding hydrogens is 134 g/mol. The van der Waals surface area contributed by atoms with Gasteiger partial charge < -0.3 is 5.73 Å². The Bertz CT molecular complexity index is 173. The predicted octanol–water partition coefficient (Wildman–Crippen LogP) is 0.656. The molecule has 0 aromatic carbocycles. The Balaban J connectivity index is 3.17. The van der Waals surface area contributed by atoms with E-state index in [4.69, 9.17) is 5.73 Å². The first-order chi connectivity index (χ1) is 4.18. The minimum atomic E-state index is 0.278. The molecule has 0 atom stereocenters. The first-order valence-corrected chi connectivity index (χ1v) is 2.93. The first kappa shape index (κ1) is 6.35. The van der Waals surface area contributed by atoms with Gasteiger partial charge in [-0.05, 0) is 13.0 Å². The van der Waals surface area contributed by atoms with E-state index in [1.54, 1.807) is 6.07 Å². The summed E-state index contributed by atoms with van der Waals surface area (Å²) in [4.78, 5) is 7.62. The van der Waals surface area contributed by atoms with E-state index in [0.29, 0.717) is 5.03 Å². The molecule has 0 spiro atoms. The van der Waals surface area contributed by atoms with Crippen molar-refractivity contribution in [3.63, 3.8) is 0 Å². The number of nitrogens with two attached hydrogens (primary N) is 1. The maximum atomic E-state index is 5.29. The second-order valence-corrected chi connectivity index (χ2v) is 2.18. The van der Waals surface area contributed by atoms with Gasteiger partial charge in [0.15, 0.2) is 0 Å². The van der Waals surface area contributed by atoms with Crippen LogP contribution in [0, 0.1) is 6.92 Å². The largest absolute Gasteiger partial charge is 0.368 e. The fourth-order valence-electron chi connectivity index (χ4n) is 0.574. The van der Waals surface area contributed by atoms with Gasteiger partial charge in [-0.15, -0.1) is 12.6 Å². The molecule has 0 saturated carbocycles. The molecule has 0 radical (unpaired) electrons. The summed E-state index contributed by atoms with van der Waals surface area (Å²) < 4.78 is 0. The zero-order valence-corrected chi connectivity index (χ0v) is 5.89. The van der Waals surface area contributed by atoms with Crippen molar-refractivity contribution in [2.24, 2.45) is 0 Å². The Morgan fingerprint density at radius 3 is 2.67 bits per heavy atom. The van der Waals surface area contributed by atoms with Crippen LogP contribution in [0.3, 0.4) is 0 Å². The van der Waals surface area contributed by atoms with Gasteiger partial charge in [0.2, 0.25) is 5.95 Å². The zero-order chi connectivity index (χ0) is 6.85. The Kier molecular flexibility index (Phi) is 1.57. The highest BCUT2D eigenvalue weighted by atomic mass is 32.1. The average molecular weight is 141 g/mol. The SMILES string of the molecule is Cc1cc(S)nc(N)n1. The molecule has 3 nitrogen and oxygen atoms in total. The molecule has 0 fully saturated rings. The molecule has 9 heavy (non-hydrogen) atoms. The van der Waals surface area contributed by atoms with E-state index in [1.165, 1.54) is 0 Å². The molecule has 1 aromatic rings. The van der Waals surface area contributed by atoms with Gasteiger partial charge in [-0.2, -0.15) is 0 Å². The van der Waals surface area contributed by atoms with Gasteiger partial charge in [-0.1, -0.05) is 0 Å². The lowest BCUT2D eigenvalue weighted by Crippen LogP contribution is -1.95. The summed E-state index contributed by atoms with van der Waals surface area (Å²) >= 11 is 3.99. The van der Waals surface area contributed by atoms with Gasteiger partial charge in [0.05, 0.1) is 5.03 Å². The van der Waals surface area contributed by atoms with Gasteiger partial charge in [0.1, 0.15) is 0 Å². The molecule has 1 rings (SSSR count). The molecule has 0 aliphatic carbocycles. The van der Waals surface area contributed by atoms with E-state index in [2.05, 4.69) is 22.6 Å². The van der Waals surface area contributed by atoms with Crippen LogP contribution >= 0.6 is 12.6 Å². The number of nitrogens with zero attached hydrogens (tertiary/aromatic N) is 2. The van der Waals surface area contributed by atoms with Crippen molar-refractivity contribution in [3.8, 4) is 0 Å². The third-order valence-corrected chi connectivity index (χ3v) is 1.09. The summed E-state index contributed by atoms with van der Waals surface area (Å²) in [5, 5.41) is 0.611. The fourth-order valence-corrected chi connectivity index (χ4v) is 0.864. The monoisotopic (exact) mass is 141 g/mol. The summed E-state index contributed by atoms with van der Waals surface area (Å²) in [6, 6.07) is 1.75. The van der Waals surface area contributed by atoms with Crippen molar-refractivity contribution in [1.82, 2.24) is 9.97 Å². The molecule has 1 heterocycles. The Labute approximate surface area is 58.7 Å². The normalized spacial score (nSPS) is 9.56. The summed E-state index contributed by atoms with van der Waals surface area (Å²) in [7, 11) is 0. The van der Waals surface area contributed by atoms with E-state index in [-0.39, 0.29) is 5.95 Å². The Morgan fingerprint density at radius 2 is 2.22 bits per heavy atom. The molecule has 4 heteroatoms. The molecule has 48 valence electrons. The van der Waals surface area contributed by atoms with E-state index < -0.39 is 0 Å². The first-order valence-electron chi connectivity index (χ1n) is 2.48. The third kappa shape index (κ3) is 1.57. The minimum absolute atomic E-state index is 0.278. The van der Waals surface area contributed by atoms with Crippen molar-refractivity contribution in [2.75, 3.05) is 5.73 Å². The topological polar surface area (TPSA) is 51.8 Å². The zero-order valence-electron chi connectivity index (χ0n) is 5.00. The number of hydrogen-bond acceptors (Lipinski definition) is 4. The van der Waals surface area contributed by atoms with Crippen LogP contribution < -0.4 is 5.73 Å². The van der Waals surface area contributed by atoms with Crippen LogP contribution in [-0.2, 0) is 0 Å². The number of hydrogen-bond donors (Lipinski definition) is 2. The third-order valence-electron chi connectivity index (χ3n) is 0.858. The van der Waals surface area contributed by atoms with Crippen molar-refractivity contribution < 1.29 is 0 Å². The highest BCUT2D eigenvalue weighted by Crippen LogP contribution is 2.04. The van der Waals surface area contributed by atoms with Crippen LogP contribution in [0.1, 0.15) is 5.69 Å². The summed E-state index contributed by atoms with van der Waals surface area (Å²) in [5.74, 6) is 0.278. The summed E-state index contributed by atoms with van der Waals surface area (Å²) in [5.41, 5.74) is 6.13. The second kappa shape index (κ2) is 2.23. The lowest BCUT2D eigenvalue weighted by atomic mass is 10.5. The van der Waals surface area contributed by atoms with Crippen LogP contribution in [-0.4, -0.2) is 9.97 Å². The number of nitrogen functional groups attached to an aromatic ring is 1. The molecule has 0 amide bonds. The maximum absolute atomic E-state index is 5.29. The van der Waals surface area contributed by atoms with Crippen molar-refractivity contribution in [2.45, 2.75) is 11.9 Å². The molecule has 0 saturated heterocycles. The Hall–Kier alpha value is -0.770. The minimum Gasteiger partial charge on any atom is -0.368 e. The van der Waals surface area contributed by atoms with Crippen molar-refractivity contribution >= 4 is 18.6 Å². The quantitative estimate of drug-likeness (QED) is 0.412. The number of thiol groups is 1. The van der Waals surface area contributed by atoms with Crippen LogP contribution in [0.4, 0.5) is 5.95 Å². The smallest absolute Gasteiger partial charge is 0.221 e. The average Bonchev–Trinajstić information content (AvgIpc) is 1.59. The van der Waals surface area contributed by atoms with Crippen molar-refractivity contribution in [1.29, 1.82) is 0 Å². The Morgan fingerprint density at radius 1 is 1.56 bits per heavy atom. The van der Waals surface area contributed by atoms with E-state index in [9.17, 15) is 0 Å². The van der Waals surface area contributed by atoms with E-state index >= 15 is 0 Å². The lowest BCUT2D eigenvalue weighted by molar-refractivity contribution is 1.03. The molecule has 0 unspecified atom stereocenters. The predicted molar refractivity (Wildman–Crippen MR) is 38.4 cm³/mol. The molecule has 2 N–H and O–H groups in total. The van der Waals surface area contributed by atoms with E-state index in [0.717, 1.165) is 5.69 Å². The van der Waals surface area contributed by atoms with Crippen LogP contribution in [0.15, 0.2) is 11.1 Å². The van der Waals surface area contributed by atoms with Gasteiger partial charge in [-0.3, -0.25) is 0 Å². The standard InChI is InChI=1S/C5H7N3S/c1-3-2-4(9)8-5(6)7-3/h2H,1H3,(H3,6,7,8,9). The van der Waals surface area contributed by atoms with Crippen molar-refractivity contribution in [3.05, 3.63) is 11.8 Å². The van der Waals surface area contributed by atoms with Crippen LogP contribution in [0.5, 0.6) is 0 Å². The van der Waals surface area contributed by atoms with E-state index in [1.807, 2.05) is 6.92 Å². The molecular formula is C5H7N3S. The van der Waals surface area contributed by atoms with Gasteiger partial charge >= 0.3 is 0 Å². The van der Waals surface area contributed by atoms with Crippen LogP contribution in [0.25, 0.3) is 0 Å². The maximum Gasteiger partial charge on any atom is 0.221 e. The second-order valence-electron chi connectivity index (χ2n) is 1.73. The molecule has 1 aromatic heterocycles. The number of rotatable bonds is 0. The highest BCUT2D eigenvalue weighted by Gasteiger charge is 1.91. The number of aromatic nitrogens is 2. The highest BCUT2D eigenvalue weighted by molar-refractivity contribution is 7.80. The molecule has 0 aliphatic heterocycles.